The molecular formula is C16H19BrN2. The third-order valence-corrected chi connectivity index (χ3v) is 4.87. The van der Waals surface area contributed by atoms with E-state index in [1.54, 1.807) is 0 Å². The molecule has 3 atom stereocenters. The number of rotatable bonds is 2. The van der Waals surface area contributed by atoms with Gasteiger partial charge in [0, 0.05) is 34.1 Å². The average Bonchev–Trinajstić information content (AvgIpc) is 2.80. The molecule has 3 rings (SSSR count). The first-order valence-corrected chi connectivity index (χ1v) is 7.79. The lowest BCUT2D eigenvalue weighted by Crippen LogP contribution is -2.28. The van der Waals surface area contributed by atoms with Gasteiger partial charge in [-0.25, -0.2) is 0 Å². The quantitative estimate of drug-likeness (QED) is 0.895. The second-order valence-electron chi connectivity index (χ2n) is 5.46. The van der Waals surface area contributed by atoms with Crippen LogP contribution in [0, 0.1) is 0 Å². The van der Waals surface area contributed by atoms with Gasteiger partial charge in [0.15, 0.2) is 0 Å². The fourth-order valence-electron chi connectivity index (χ4n) is 3.30. The fraction of sp³-hybridized carbons (Fsp3) is 0.438. The van der Waals surface area contributed by atoms with E-state index in [1.165, 1.54) is 23.8 Å². The fourth-order valence-corrected chi connectivity index (χ4v) is 3.75. The van der Waals surface area contributed by atoms with Crippen molar-refractivity contribution in [3.05, 3.63) is 40.5 Å². The van der Waals surface area contributed by atoms with E-state index < -0.39 is 0 Å². The molecule has 0 amide bonds. The maximum Gasteiger partial charge on any atom is 0.0748 e. The van der Waals surface area contributed by atoms with Gasteiger partial charge in [0.25, 0.3) is 0 Å². The summed E-state index contributed by atoms with van der Waals surface area (Å²) in [6.07, 6.45) is 4.26. The highest BCUT2D eigenvalue weighted by Gasteiger charge is 2.32. The zero-order valence-electron chi connectivity index (χ0n) is 11.4. The van der Waals surface area contributed by atoms with E-state index in [1.807, 2.05) is 12.3 Å². The number of aromatic nitrogens is 1. The summed E-state index contributed by atoms with van der Waals surface area (Å²) in [6, 6.07) is 9.71. The van der Waals surface area contributed by atoms with Crippen molar-refractivity contribution in [1.29, 1.82) is 0 Å². The Labute approximate surface area is 122 Å². The Hall–Kier alpha value is -0.930. The molecule has 0 radical (unpaired) electrons. The monoisotopic (exact) mass is 318 g/mol. The zero-order chi connectivity index (χ0) is 13.4. The van der Waals surface area contributed by atoms with E-state index >= 15 is 0 Å². The molecule has 3 heteroatoms. The van der Waals surface area contributed by atoms with Gasteiger partial charge in [-0.2, -0.15) is 0 Å². The summed E-state index contributed by atoms with van der Waals surface area (Å²) in [5, 5.41) is 4.91. The molecule has 1 aliphatic rings. The van der Waals surface area contributed by atoms with Crippen LogP contribution in [0.2, 0.25) is 0 Å². The molecule has 1 saturated heterocycles. The van der Waals surface area contributed by atoms with Gasteiger partial charge in [-0.15, -0.1) is 0 Å². The van der Waals surface area contributed by atoms with Crippen LogP contribution in [0.15, 0.2) is 34.9 Å². The van der Waals surface area contributed by atoms with Crippen molar-refractivity contribution in [3.63, 3.8) is 0 Å². The van der Waals surface area contributed by atoms with Crippen LogP contribution in [-0.2, 0) is 0 Å². The Morgan fingerprint density at radius 2 is 2.21 bits per heavy atom. The minimum absolute atomic E-state index is 0.571. The van der Waals surface area contributed by atoms with Crippen LogP contribution in [0.1, 0.15) is 38.2 Å². The van der Waals surface area contributed by atoms with Crippen LogP contribution in [0.25, 0.3) is 10.9 Å². The number of benzene rings is 1. The second-order valence-corrected chi connectivity index (χ2v) is 6.32. The molecule has 100 valence electrons. The summed E-state index contributed by atoms with van der Waals surface area (Å²) in [5.74, 6) is 0.575. The van der Waals surface area contributed by atoms with Crippen molar-refractivity contribution in [3.8, 4) is 0 Å². The maximum absolute atomic E-state index is 4.62. The van der Waals surface area contributed by atoms with E-state index in [0.717, 1.165) is 9.99 Å². The number of nitrogens with zero attached hydrogens (tertiary/aromatic N) is 1. The minimum atomic E-state index is 0.571. The lowest BCUT2D eigenvalue weighted by Gasteiger charge is -2.19. The lowest BCUT2D eigenvalue weighted by molar-refractivity contribution is 0.518. The second kappa shape index (κ2) is 5.22. The molecule has 1 fully saturated rings. The third kappa shape index (κ3) is 2.30. The van der Waals surface area contributed by atoms with Crippen molar-refractivity contribution in [2.75, 3.05) is 0 Å². The number of pyridine rings is 1. The van der Waals surface area contributed by atoms with Crippen LogP contribution in [-0.4, -0.2) is 17.1 Å². The highest BCUT2D eigenvalue weighted by atomic mass is 79.9. The van der Waals surface area contributed by atoms with Crippen molar-refractivity contribution in [1.82, 2.24) is 10.3 Å². The standard InChI is InChI=1S/C16H19BrN2/c1-3-15-13(9-10(2)19-15)11-6-7-14(17)12-5-4-8-18-16(11)12/h4-8,10,13,15,19H,3,9H2,1-2H3. The third-order valence-electron chi connectivity index (χ3n) is 4.18. The topological polar surface area (TPSA) is 24.9 Å². The molecule has 0 saturated carbocycles. The lowest BCUT2D eigenvalue weighted by atomic mass is 9.88. The number of halogens is 1. The van der Waals surface area contributed by atoms with Gasteiger partial charge in [-0.05, 0) is 37.5 Å². The highest BCUT2D eigenvalue weighted by molar-refractivity contribution is 9.10. The van der Waals surface area contributed by atoms with E-state index in [4.69, 9.17) is 0 Å². The van der Waals surface area contributed by atoms with Gasteiger partial charge in [-0.1, -0.05) is 35.0 Å². The number of fused-ring (bicyclic) bond motifs is 1. The summed E-state index contributed by atoms with van der Waals surface area (Å²) in [4.78, 5) is 4.62. The molecule has 0 aliphatic carbocycles. The van der Waals surface area contributed by atoms with E-state index in [-0.39, 0.29) is 0 Å². The zero-order valence-corrected chi connectivity index (χ0v) is 12.9. The normalized spacial score (nSPS) is 27.0. The Morgan fingerprint density at radius 3 is 3.00 bits per heavy atom. The summed E-state index contributed by atoms with van der Waals surface area (Å²) in [6.45, 7) is 4.54. The summed E-state index contributed by atoms with van der Waals surface area (Å²) in [7, 11) is 0. The summed E-state index contributed by atoms with van der Waals surface area (Å²) >= 11 is 3.63. The Balaban J connectivity index is 2.13. The van der Waals surface area contributed by atoms with Crippen LogP contribution in [0.3, 0.4) is 0 Å². The highest BCUT2D eigenvalue weighted by Crippen LogP contribution is 2.37. The summed E-state index contributed by atoms with van der Waals surface area (Å²) in [5.41, 5.74) is 2.54. The minimum Gasteiger partial charge on any atom is -0.311 e. The van der Waals surface area contributed by atoms with Crippen molar-refractivity contribution in [2.24, 2.45) is 0 Å². The number of nitrogens with one attached hydrogen (secondary N) is 1. The largest absolute Gasteiger partial charge is 0.311 e. The molecule has 1 aromatic carbocycles. The molecule has 1 aliphatic heterocycles. The Morgan fingerprint density at radius 1 is 1.37 bits per heavy atom. The van der Waals surface area contributed by atoms with Gasteiger partial charge < -0.3 is 5.32 Å². The van der Waals surface area contributed by atoms with E-state index in [2.05, 4.69) is 58.3 Å². The van der Waals surface area contributed by atoms with E-state index in [0.29, 0.717) is 18.0 Å². The maximum atomic E-state index is 4.62. The number of hydrogen-bond acceptors (Lipinski definition) is 2. The predicted molar refractivity (Wildman–Crippen MR) is 83.5 cm³/mol. The van der Waals surface area contributed by atoms with Crippen molar-refractivity contribution in [2.45, 2.75) is 44.7 Å². The molecular weight excluding hydrogens is 300 g/mol. The molecule has 2 nitrogen and oxygen atoms in total. The Bertz CT molecular complexity index is 596. The summed E-state index contributed by atoms with van der Waals surface area (Å²) < 4.78 is 1.13. The molecule has 2 heterocycles. The first-order chi connectivity index (χ1) is 9.20. The van der Waals surface area contributed by atoms with Gasteiger partial charge >= 0.3 is 0 Å². The van der Waals surface area contributed by atoms with Crippen LogP contribution < -0.4 is 5.32 Å². The van der Waals surface area contributed by atoms with Gasteiger partial charge in [-0.3, -0.25) is 4.98 Å². The average molecular weight is 319 g/mol. The molecule has 1 N–H and O–H groups in total. The van der Waals surface area contributed by atoms with E-state index in [9.17, 15) is 0 Å². The van der Waals surface area contributed by atoms with Gasteiger partial charge in [0.1, 0.15) is 0 Å². The van der Waals surface area contributed by atoms with Crippen LogP contribution in [0.4, 0.5) is 0 Å². The Kier molecular flexibility index (Phi) is 3.59. The van der Waals surface area contributed by atoms with Crippen LogP contribution in [0.5, 0.6) is 0 Å². The molecule has 1 aromatic heterocycles. The van der Waals surface area contributed by atoms with Gasteiger partial charge in [0.05, 0.1) is 5.52 Å². The molecule has 3 unspecified atom stereocenters. The first kappa shape index (κ1) is 13.1. The van der Waals surface area contributed by atoms with Gasteiger partial charge in [0.2, 0.25) is 0 Å². The smallest absolute Gasteiger partial charge is 0.0748 e. The number of hydrogen-bond donors (Lipinski definition) is 1. The van der Waals surface area contributed by atoms with Crippen molar-refractivity contribution >= 4 is 26.8 Å². The molecule has 19 heavy (non-hydrogen) atoms. The SMILES string of the molecule is CCC1NC(C)CC1c1ccc(Br)c2cccnc12. The van der Waals surface area contributed by atoms with Crippen molar-refractivity contribution < 1.29 is 0 Å². The molecule has 0 bridgehead atoms. The predicted octanol–water partition coefficient (Wildman–Crippen LogP) is 4.24. The van der Waals surface area contributed by atoms with Crippen LogP contribution >= 0.6 is 15.9 Å². The molecule has 2 aromatic rings. The molecule has 0 spiro atoms. The first-order valence-electron chi connectivity index (χ1n) is 7.00.